The summed E-state index contributed by atoms with van der Waals surface area (Å²) in [4.78, 5) is 0. The topological polar surface area (TPSA) is 30.9 Å². The van der Waals surface area contributed by atoms with Crippen LogP contribution in [0.3, 0.4) is 0 Å². The fourth-order valence-corrected chi connectivity index (χ4v) is 2.00. The highest BCUT2D eigenvalue weighted by atomic mass is 19.1. The molecule has 0 amide bonds. The van der Waals surface area contributed by atoms with Gasteiger partial charge in [-0.3, -0.25) is 0 Å². The van der Waals surface area contributed by atoms with Crippen LogP contribution in [-0.4, -0.2) is 11.1 Å². The van der Waals surface area contributed by atoms with E-state index in [1.807, 2.05) is 43.0 Å². The summed E-state index contributed by atoms with van der Waals surface area (Å²) in [6, 6.07) is 3.52. The van der Waals surface area contributed by atoms with Crippen LogP contribution in [0.5, 0.6) is 0 Å². The summed E-state index contributed by atoms with van der Waals surface area (Å²) in [7, 11) is 1.85. The van der Waals surface area contributed by atoms with E-state index < -0.39 is 0 Å². The monoisotopic (exact) mass is 218 g/mol. The molecule has 16 heavy (non-hydrogen) atoms. The van der Waals surface area contributed by atoms with Gasteiger partial charge in [0, 0.05) is 25.2 Å². The van der Waals surface area contributed by atoms with Crippen molar-refractivity contribution in [3.63, 3.8) is 0 Å². The largest absolute Gasteiger partial charge is 0.348 e. The van der Waals surface area contributed by atoms with E-state index in [4.69, 9.17) is 5.73 Å². The number of aryl methyl sites for hydroxylation is 2. The van der Waals surface area contributed by atoms with Gasteiger partial charge in [-0.1, -0.05) is 12.2 Å². The fourth-order valence-electron chi connectivity index (χ4n) is 2.00. The summed E-state index contributed by atoms with van der Waals surface area (Å²) in [5.41, 5.74) is 7.97. The molecule has 2 N–H and O–H groups in total. The average molecular weight is 218 g/mol. The van der Waals surface area contributed by atoms with E-state index in [0.717, 1.165) is 16.5 Å². The third-order valence-corrected chi connectivity index (χ3v) is 2.70. The van der Waals surface area contributed by atoms with Gasteiger partial charge < -0.3 is 10.3 Å². The molecule has 0 atom stereocenters. The minimum atomic E-state index is -0.190. The lowest BCUT2D eigenvalue weighted by Crippen LogP contribution is -1.92. The average Bonchev–Trinajstić information content (AvgIpc) is 2.52. The molecule has 0 aliphatic heterocycles. The zero-order valence-corrected chi connectivity index (χ0v) is 9.50. The highest BCUT2D eigenvalue weighted by molar-refractivity contribution is 5.86. The Hall–Kier alpha value is -1.61. The van der Waals surface area contributed by atoms with Crippen LogP contribution in [0.1, 0.15) is 11.1 Å². The molecule has 3 heteroatoms. The minimum Gasteiger partial charge on any atom is -0.348 e. The summed E-state index contributed by atoms with van der Waals surface area (Å²) < 4.78 is 15.7. The van der Waals surface area contributed by atoms with Gasteiger partial charge in [-0.25, -0.2) is 4.39 Å². The van der Waals surface area contributed by atoms with E-state index in [1.165, 1.54) is 6.07 Å². The molecular formula is C13H15FN2. The Balaban J connectivity index is 2.66. The highest BCUT2D eigenvalue weighted by Gasteiger charge is 2.08. The number of aromatic nitrogens is 1. The van der Waals surface area contributed by atoms with Gasteiger partial charge in [0.2, 0.25) is 0 Å². The van der Waals surface area contributed by atoms with Crippen LogP contribution >= 0.6 is 0 Å². The first-order valence-corrected chi connectivity index (χ1v) is 5.25. The van der Waals surface area contributed by atoms with Crippen molar-refractivity contribution >= 4 is 17.0 Å². The zero-order valence-electron chi connectivity index (χ0n) is 9.50. The first-order chi connectivity index (χ1) is 7.63. The number of hydrogen-bond donors (Lipinski definition) is 1. The molecule has 0 bridgehead atoms. The van der Waals surface area contributed by atoms with Crippen molar-refractivity contribution in [2.24, 2.45) is 12.8 Å². The van der Waals surface area contributed by atoms with Gasteiger partial charge in [-0.05, 0) is 30.2 Å². The van der Waals surface area contributed by atoms with Crippen molar-refractivity contribution < 1.29 is 4.39 Å². The Labute approximate surface area is 94.2 Å². The molecule has 84 valence electrons. The molecule has 0 spiro atoms. The van der Waals surface area contributed by atoms with Crippen LogP contribution in [0.15, 0.2) is 24.4 Å². The van der Waals surface area contributed by atoms with Crippen LogP contribution in [-0.2, 0) is 7.05 Å². The maximum atomic E-state index is 13.9. The van der Waals surface area contributed by atoms with E-state index >= 15 is 0 Å². The van der Waals surface area contributed by atoms with Crippen LogP contribution in [0, 0.1) is 12.7 Å². The predicted molar refractivity (Wildman–Crippen MR) is 65.7 cm³/mol. The number of benzene rings is 1. The summed E-state index contributed by atoms with van der Waals surface area (Å²) in [5, 5.41) is 0.958. The smallest absolute Gasteiger partial charge is 0.148 e. The lowest BCUT2D eigenvalue weighted by molar-refractivity contribution is 0.631. The quantitative estimate of drug-likeness (QED) is 0.825. The number of nitrogens with zero attached hydrogens (tertiary/aromatic N) is 1. The van der Waals surface area contributed by atoms with E-state index in [-0.39, 0.29) is 5.82 Å². The van der Waals surface area contributed by atoms with Gasteiger partial charge in [-0.2, -0.15) is 0 Å². The molecule has 2 nitrogen and oxygen atoms in total. The standard InChI is InChI=1S/C13H15FN2/c1-9-8-16(2)13-11(9)6-10(4-3-5-15)7-12(13)14/h3-4,6-8H,5,15H2,1-2H3/b4-3+. The molecule has 1 aromatic heterocycles. The first-order valence-electron chi connectivity index (χ1n) is 5.25. The van der Waals surface area contributed by atoms with Crippen molar-refractivity contribution in [2.45, 2.75) is 6.92 Å². The predicted octanol–water partition coefficient (Wildman–Crippen LogP) is 2.60. The van der Waals surface area contributed by atoms with E-state index in [2.05, 4.69) is 0 Å². The number of fused-ring (bicyclic) bond motifs is 1. The molecule has 0 unspecified atom stereocenters. The second-order valence-corrected chi connectivity index (χ2v) is 3.96. The third-order valence-electron chi connectivity index (χ3n) is 2.70. The van der Waals surface area contributed by atoms with Gasteiger partial charge >= 0.3 is 0 Å². The fraction of sp³-hybridized carbons (Fsp3) is 0.231. The number of halogens is 1. The van der Waals surface area contributed by atoms with Crippen molar-refractivity contribution in [1.29, 1.82) is 0 Å². The normalized spacial score (nSPS) is 11.8. The number of hydrogen-bond acceptors (Lipinski definition) is 1. The molecule has 1 aromatic carbocycles. The van der Waals surface area contributed by atoms with Crippen molar-refractivity contribution in [1.82, 2.24) is 4.57 Å². The Morgan fingerprint density at radius 3 is 2.88 bits per heavy atom. The summed E-state index contributed by atoms with van der Waals surface area (Å²) in [6.45, 7) is 2.45. The molecule has 0 aliphatic carbocycles. The molecule has 2 aromatic rings. The number of rotatable bonds is 2. The molecule has 1 heterocycles. The van der Waals surface area contributed by atoms with Crippen molar-refractivity contribution in [3.05, 3.63) is 41.3 Å². The summed E-state index contributed by atoms with van der Waals surface area (Å²) >= 11 is 0. The molecule has 2 rings (SSSR count). The minimum absolute atomic E-state index is 0.190. The zero-order chi connectivity index (χ0) is 11.7. The van der Waals surface area contributed by atoms with Gasteiger partial charge in [-0.15, -0.1) is 0 Å². The Morgan fingerprint density at radius 1 is 1.44 bits per heavy atom. The Kier molecular flexibility index (Phi) is 2.79. The molecule has 0 saturated carbocycles. The van der Waals surface area contributed by atoms with Crippen LogP contribution < -0.4 is 5.73 Å². The van der Waals surface area contributed by atoms with Gasteiger partial charge in [0.1, 0.15) is 5.82 Å². The second kappa shape index (κ2) is 4.10. The summed E-state index contributed by atoms with van der Waals surface area (Å²) in [5.74, 6) is -0.190. The lowest BCUT2D eigenvalue weighted by atomic mass is 10.1. The van der Waals surface area contributed by atoms with Crippen LogP contribution in [0.2, 0.25) is 0 Å². The second-order valence-electron chi connectivity index (χ2n) is 3.96. The van der Waals surface area contributed by atoms with Crippen LogP contribution in [0.25, 0.3) is 17.0 Å². The van der Waals surface area contributed by atoms with Gasteiger partial charge in [0.25, 0.3) is 0 Å². The molecule has 0 radical (unpaired) electrons. The number of nitrogens with two attached hydrogens (primary N) is 1. The van der Waals surface area contributed by atoms with E-state index in [1.54, 1.807) is 0 Å². The molecule has 0 fully saturated rings. The highest BCUT2D eigenvalue weighted by Crippen LogP contribution is 2.24. The maximum absolute atomic E-state index is 13.9. The van der Waals surface area contributed by atoms with Gasteiger partial charge in [0.15, 0.2) is 0 Å². The molecule has 0 saturated heterocycles. The van der Waals surface area contributed by atoms with Gasteiger partial charge in [0.05, 0.1) is 5.52 Å². The van der Waals surface area contributed by atoms with Crippen molar-refractivity contribution in [2.75, 3.05) is 6.54 Å². The van der Waals surface area contributed by atoms with Crippen LogP contribution in [0.4, 0.5) is 4.39 Å². The Morgan fingerprint density at radius 2 is 2.19 bits per heavy atom. The Bertz CT molecular complexity index is 553. The van der Waals surface area contributed by atoms with E-state index in [9.17, 15) is 4.39 Å². The SMILES string of the molecule is Cc1cn(C)c2c(F)cc(/C=C/CN)cc12. The molecular weight excluding hydrogens is 203 g/mol. The first kappa shape index (κ1) is 10.9. The summed E-state index contributed by atoms with van der Waals surface area (Å²) in [6.07, 6.45) is 5.60. The lowest BCUT2D eigenvalue weighted by Gasteiger charge is -2.00. The molecule has 0 aliphatic rings. The third kappa shape index (κ3) is 1.74. The maximum Gasteiger partial charge on any atom is 0.148 e. The van der Waals surface area contributed by atoms with E-state index in [0.29, 0.717) is 12.1 Å². The van der Waals surface area contributed by atoms with Crippen molar-refractivity contribution in [3.8, 4) is 0 Å².